The molecule has 0 bridgehead atoms. The van der Waals surface area contributed by atoms with Gasteiger partial charge in [0, 0.05) is 12.8 Å². The smallest absolute Gasteiger partial charge is 0.272 e. The quantitative estimate of drug-likeness (QED) is 0.0670. The van der Waals surface area contributed by atoms with Crippen LogP contribution in [0.3, 0.4) is 0 Å². The Kier molecular flexibility index (Phi) is 19.0. The van der Waals surface area contributed by atoms with Gasteiger partial charge in [0.2, 0.25) is 0 Å². The summed E-state index contributed by atoms with van der Waals surface area (Å²) in [7, 11) is -5.48. The molecule has 0 aliphatic carbocycles. The molecule has 0 aromatic heterocycles. The second-order valence-electron chi connectivity index (χ2n) is 12.4. The van der Waals surface area contributed by atoms with Gasteiger partial charge in [-0.2, -0.15) is 16.8 Å². The molecule has 0 aliphatic heterocycles. The average Bonchev–Trinajstić information content (AvgIpc) is 3.06. The van der Waals surface area contributed by atoms with Gasteiger partial charge in [-0.3, -0.25) is 13.9 Å². The van der Waals surface area contributed by atoms with Gasteiger partial charge in [0.05, 0.1) is 27.9 Å². The van der Waals surface area contributed by atoms with Crippen LogP contribution >= 0.6 is 0 Å². The van der Waals surface area contributed by atoms with E-state index in [4.69, 9.17) is 18.9 Å². The zero-order chi connectivity index (χ0) is 36.3. The van der Waals surface area contributed by atoms with Crippen LogP contribution in [0.5, 0.6) is 23.0 Å². The SMILES string of the molecule is CCCCCCCCCCCCCCCCOc1ccc(C(CC(=O)CC(c2ccc(OC)c(OC)c2)S(=O)(=O)O)S(=O)(=O)O)cc1OC. The number of ketones is 1. The number of unbranched alkanes of at least 4 members (excludes halogenated alkanes) is 13. The number of carbonyl (C=O) groups is 1. The lowest BCUT2D eigenvalue weighted by Crippen LogP contribution is -2.21. The Hall–Kier alpha value is -2.87. The van der Waals surface area contributed by atoms with Crippen molar-refractivity contribution >= 4 is 26.0 Å². The van der Waals surface area contributed by atoms with Crippen molar-refractivity contribution in [2.24, 2.45) is 0 Å². The van der Waals surface area contributed by atoms with Gasteiger partial charge in [0.25, 0.3) is 20.2 Å². The maximum absolute atomic E-state index is 13.1. The van der Waals surface area contributed by atoms with E-state index in [0.717, 1.165) is 19.3 Å². The van der Waals surface area contributed by atoms with Crippen LogP contribution in [0.15, 0.2) is 36.4 Å². The third kappa shape index (κ3) is 15.3. The first-order valence-corrected chi connectivity index (χ1v) is 20.3. The summed E-state index contributed by atoms with van der Waals surface area (Å²) in [6.45, 7) is 2.69. The Labute approximate surface area is 293 Å². The van der Waals surface area contributed by atoms with Crippen LogP contribution in [-0.4, -0.2) is 59.7 Å². The van der Waals surface area contributed by atoms with E-state index < -0.39 is 49.4 Å². The highest BCUT2D eigenvalue weighted by Crippen LogP contribution is 2.37. The number of methoxy groups -OCH3 is 3. The number of benzene rings is 2. The van der Waals surface area contributed by atoms with Crippen LogP contribution in [0.4, 0.5) is 0 Å². The molecule has 0 saturated heterocycles. The van der Waals surface area contributed by atoms with Crippen LogP contribution < -0.4 is 18.9 Å². The Bertz CT molecular complexity index is 1490. The highest BCUT2D eigenvalue weighted by Gasteiger charge is 2.33. The van der Waals surface area contributed by atoms with Gasteiger partial charge in [0.15, 0.2) is 23.0 Å². The van der Waals surface area contributed by atoms with Crippen LogP contribution in [0.2, 0.25) is 0 Å². The molecule has 2 unspecified atom stereocenters. The van der Waals surface area contributed by atoms with Crippen LogP contribution in [-0.2, 0) is 25.0 Å². The second kappa shape index (κ2) is 22.1. The van der Waals surface area contributed by atoms with Crippen molar-refractivity contribution in [1.82, 2.24) is 0 Å². The number of ether oxygens (including phenoxy) is 4. The van der Waals surface area contributed by atoms with E-state index in [1.165, 1.54) is 128 Å². The van der Waals surface area contributed by atoms with Crippen LogP contribution in [0, 0.1) is 0 Å². The normalized spacial score (nSPS) is 13.1. The summed E-state index contributed by atoms with van der Waals surface area (Å²) in [5.74, 6) is 0.276. The first-order chi connectivity index (χ1) is 23.3. The van der Waals surface area contributed by atoms with Crippen molar-refractivity contribution < 1.29 is 49.7 Å². The highest BCUT2D eigenvalue weighted by atomic mass is 32.2. The van der Waals surface area contributed by atoms with Crippen molar-refractivity contribution in [3.63, 3.8) is 0 Å². The third-order valence-electron chi connectivity index (χ3n) is 8.64. The molecule has 0 spiro atoms. The predicted octanol–water partition coefficient (Wildman–Crippen LogP) is 8.48. The molecule has 11 nitrogen and oxygen atoms in total. The molecular formula is C36H56O11S2. The minimum Gasteiger partial charge on any atom is -0.493 e. The van der Waals surface area contributed by atoms with E-state index in [0.29, 0.717) is 18.1 Å². The zero-order valence-electron chi connectivity index (χ0n) is 29.5. The van der Waals surface area contributed by atoms with Crippen molar-refractivity contribution in [2.75, 3.05) is 27.9 Å². The molecule has 2 N–H and O–H groups in total. The van der Waals surface area contributed by atoms with Crippen molar-refractivity contribution in [3.8, 4) is 23.0 Å². The number of hydrogen-bond donors (Lipinski definition) is 2. The molecule has 13 heteroatoms. The van der Waals surface area contributed by atoms with E-state index in [-0.39, 0.29) is 22.6 Å². The lowest BCUT2D eigenvalue weighted by Gasteiger charge is -2.19. The number of hydrogen-bond acceptors (Lipinski definition) is 9. The topological polar surface area (TPSA) is 163 Å². The van der Waals surface area contributed by atoms with Crippen molar-refractivity contribution in [1.29, 1.82) is 0 Å². The van der Waals surface area contributed by atoms with E-state index in [1.807, 2.05) is 0 Å². The highest BCUT2D eigenvalue weighted by molar-refractivity contribution is 7.86. The molecule has 2 aromatic rings. The van der Waals surface area contributed by atoms with Gasteiger partial charge in [-0.15, -0.1) is 0 Å². The summed E-state index contributed by atoms with van der Waals surface area (Å²) in [4.78, 5) is 13.1. The summed E-state index contributed by atoms with van der Waals surface area (Å²) in [5.41, 5.74) is 0.102. The van der Waals surface area contributed by atoms with Crippen molar-refractivity contribution in [2.45, 2.75) is 120 Å². The molecule has 0 amide bonds. The van der Waals surface area contributed by atoms with E-state index in [9.17, 15) is 30.7 Å². The molecule has 0 heterocycles. The lowest BCUT2D eigenvalue weighted by molar-refractivity contribution is -0.119. The van der Waals surface area contributed by atoms with Gasteiger partial charge in [0.1, 0.15) is 16.3 Å². The first-order valence-electron chi connectivity index (χ1n) is 17.3. The van der Waals surface area contributed by atoms with Gasteiger partial charge in [-0.25, -0.2) is 0 Å². The predicted molar refractivity (Wildman–Crippen MR) is 191 cm³/mol. The maximum atomic E-state index is 13.1. The Morgan fingerprint density at radius 1 is 0.571 bits per heavy atom. The Balaban J connectivity index is 1.92. The fourth-order valence-electron chi connectivity index (χ4n) is 5.82. The maximum Gasteiger partial charge on any atom is 0.272 e. The average molecular weight is 729 g/mol. The molecule has 2 aromatic carbocycles. The van der Waals surface area contributed by atoms with Gasteiger partial charge >= 0.3 is 0 Å². The fraction of sp³-hybridized carbons (Fsp3) is 0.639. The van der Waals surface area contributed by atoms with Crippen LogP contribution in [0.1, 0.15) is 131 Å². The summed E-state index contributed by atoms with van der Waals surface area (Å²) in [6, 6.07) is 8.41. The number of Topliss-reactive ketones (excluding diaryl/α,β-unsaturated/α-hetero) is 1. The number of carbonyl (C=O) groups excluding carboxylic acids is 1. The molecule has 0 saturated carbocycles. The van der Waals surface area contributed by atoms with Gasteiger partial charge < -0.3 is 18.9 Å². The third-order valence-corrected chi connectivity index (χ3v) is 11.0. The minimum absolute atomic E-state index is 0.0406. The standard InChI is InChI=1S/C36H56O11S2/c1-5-6-7-8-9-10-11-12-13-14-15-16-17-18-23-47-32-22-20-29(25-34(32)46-4)36(49(41,42)43)27-30(37)26-35(48(38,39)40)28-19-21-31(44-2)33(24-28)45-3/h19-22,24-25,35-36H,5-18,23,26-27H2,1-4H3,(H,38,39,40)(H,41,42,43). The summed E-state index contributed by atoms with van der Waals surface area (Å²) in [6.07, 6.45) is 15.9. The van der Waals surface area contributed by atoms with E-state index in [2.05, 4.69) is 6.92 Å². The summed E-state index contributed by atoms with van der Waals surface area (Å²) < 4.78 is 91.0. The monoisotopic (exact) mass is 728 g/mol. The molecule has 0 aliphatic rings. The van der Waals surface area contributed by atoms with Gasteiger partial charge in [-0.05, 0) is 41.8 Å². The van der Waals surface area contributed by atoms with Gasteiger partial charge in [-0.1, -0.05) is 103 Å². The first kappa shape index (κ1) is 42.3. The summed E-state index contributed by atoms with van der Waals surface area (Å²) in [5, 5.41) is -3.41. The molecule has 278 valence electrons. The molecule has 0 fully saturated rings. The lowest BCUT2D eigenvalue weighted by atomic mass is 10.0. The van der Waals surface area contributed by atoms with Crippen LogP contribution in [0.25, 0.3) is 0 Å². The van der Waals surface area contributed by atoms with Crippen molar-refractivity contribution in [3.05, 3.63) is 47.5 Å². The molecule has 2 atom stereocenters. The van der Waals surface area contributed by atoms with E-state index in [1.54, 1.807) is 0 Å². The second-order valence-corrected chi connectivity index (χ2v) is 15.6. The van der Waals surface area contributed by atoms with E-state index >= 15 is 0 Å². The molecule has 49 heavy (non-hydrogen) atoms. The Morgan fingerprint density at radius 3 is 1.33 bits per heavy atom. The number of rotatable bonds is 27. The molecular weight excluding hydrogens is 673 g/mol. The minimum atomic E-state index is -4.82. The fourth-order valence-corrected chi connectivity index (χ4v) is 7.60. The zero-order valence-corrected chi connectivity index (χ0v) is 31.2. The summed E-state index contributed by atoms with van der Waals surface area (Å²) >= 11 is 0. The molecule has 0 radical (unpaired) electrons. The largest absolute Gasteiger partial charge is 0.493 e. The molecule has 2 rings (SSSR count). The Morgan fingerprint density at radius 2 is 0.939 bits per heavy atom.